The Hall–Kier alpha value is -3.33. The van der Waals surface area contributed by atoms with E-state index in [0.29, 0.717) is 18.9 Å². The highest BCUT2D eigenvalue weighted by atomic mass is 16.1. The minimum Gasteiger partial charge on any atom is -0.378 e. The Morgan fingerprint density at radius 2 is 2.29 bits per heavy atom. The van der Waals surface area contributed by atoms with Gasteiger partial charge in [-0.25, -0.2) is 9.97 Å². The molecule has 6 nitrogen and oxygen atoms in total. The maximum absolute atomic E-state index is 12.5. The number of H-pyrrole nitrogens is 1. The van der Waals surface area contributed by atoms with Gasteiger partial charge in [0.05, 0.1) is 11.9 Å². The molecule has 1 atom stereocenters. The van der Waals surface area contributed by atoms with Crippen LogP contribution in [-0.4, -0.2) is 40.4 Å². The normalized spacial score (nSPS) is 16.7. The van der Waals surface area contributed by atoms with Crippen LogP contribution in [0, 0.1) is 18.3 Å². The number of nitrogens with one attached hydrogen (secondary N) is 2. The van der Waals surface area contributed by atoms with E-state index in [1.165, 1.54) is 0 Å². The van der Waals surface area contributed by atoms with Crippen molar-refractivity contribution in [2.75, 3.05) is 29.9 Å². The Bertz CT molecular complexity index is 1020. The molecule has 1 fully saturated rings. The Labute approximate surface area is 164 Å². The Morgan fingerprint density at radius 3 is 3.18 bits per heavy atom. The van der Waals surface area contributed by atoms with E-state index in [4.69, 9.17) is 6.42 Å². The number of benzene rings is 1. The summed E-state index contributed by atoms with van der Waals surface area (Å²) in [5.41, 5.74) is 2.53. The molecule has 4 rings (SSSR count). The number of carbonyl (C=O) groups is 1. The predicted octanol–water partition coefficient (Wildman–Crippen LogP) is 3.23. The van der Waals surface area contributed by atoms with Gasteiger partial charge in [-0.05, 0) is 43.0 Å². The number of carbonyl (C=O) groups excluding carboxylic acids is 1. The fourth-order valence-corrected chi connectivity index (χ4v) is 3.85. The summed E-state index contributed by atoms with van der Waals surface area (Å²) in [7, 11) is 0. The van der Waals surface area contributed by atoms with E-state index in [1.54, 1.807) is 6.33 Å². The molecule has 1 unspecified atom stereocenters. The van der Waals surface area contributed by atoms with Gasteiger partial charge in [-0.2, -0.15) is 0 Å². The van der Waals surface area contributed by atoms with Crippen LogP contribution in [0.4, 0.5) is 11.5 Å². The molecule has 3 aromatic rings. The van der Waals surface area contributed by atoms with Crippen molar-refractivity contribution in [2.45, 2.75) is 19.3 Å². The Morgan fingerprint density at radius 1 is 1.36 bits per heavy atom. The molecule has 1 aromatic carbocycles. The molecule has 142 valence electrons. The van der Waals surface area contributed by atoms with Crippen molar-refractivity contribution in [3.63, 3.8) is 0 Å². The summed E-state index contributed by atoms with van der Waals surface area (Å²) < 4.78 is 0. The number of nitrogens with zero attached hydrogens (tertiary/aromatic N) is 3. The number of aromatic amines is 1. The maximum atomic E-state index is 12.5. The largest absolute Gasteiger partial charge is 0.378 e. The van der Waals surface area contributed by atoms with Gasteiger partial charge in [0.1, 0.15) is 17.8 Å². The lowest BCUT2D eigenvalue weighted by Crippen LogP contribution is -2.37. The Balaban J connectivity index is 1.35. The second-order valence-corrected chi connectivity index (χ2v) is 7.21. The van der Waals surface area contributed by atoms with Crippen molar-refractivity contribution >= 4 is 28.3 Å². The van der Waals surface area contributed by atoms with Crippen molar-refractivity contribution in [2.24, 2.45) is 5.92 Å². The summed E-state index contributed by atoms with van der Waals surface area (Å²) in [6, 6.07) is 9.58. The van der Waals surface area contributed by atoms with Gasteiger partial charge in [-0.1, -0.05) is 12.0 Å². The van der Waals surface area contributed by atoms with Crippen LogP contribution in [-0.2, 0) is 4.79 Å². The third kappa shape index (κ3) is 3.99. The molecular weight excluding hydrogens is 350 g/mol. The third-order valence-corrected chi connectivity index (χ3v) is 5.19. The monoisotopic (exact) mass is 373 g/mol. The summed E-state index contributed by atoms with van der Waals surface area (Å²) in [5.74, 6) is 4.11. The SMILES string of the molecule is C#Cc1cccc(NCC(=O)CC2CCCN(c3ncnc4[nH]ccc34)C2)c1. The highest BCUT2D eigenvalue weighted by Gasteiger charge is 2.24. The van der Waals surface area contributed by atoms with E-state index in [2.05, 4.69) is 31.1 Å². The lowest BCUT2D eigenvalue weighted by molar-refractivity contribution is -0.118. The van der Waals surface area contributed by atoms with E-state index < -0.39 is 0 Å². The molecule has 0 spiro atoms. The standard InChI is InChI=1S/C22H23N5O/c1-2-16-5-3-7-18(11-16)24-13-19(28)12-17-6-4-10-27(14-17)22-20-8-9-23-21(20)25-15-26-22/h1,3,5,7-9,11,15,17,24H,4,6,10,12-14H2,(H,23,25,26). The van der Waals surface area contributed by atoms with Crippen LogP contribution in [0.5, 0.6) is 0 Å². The minimum atomic E-state index is 0.215. The van der Waals surface area contributed by atoms with Gasteiger partial charge >= 0.3 is 0 Å². The van der Waals surface area contributed by atoms with E-state index in [9.17, 15) is 4.79 Å². The second kappa shape index (κ2) is 8.13. The number of ketones is 1. The van der Waals surface area contributed by atoms with Gasteiger partial charge in [0.2, 0.25) is 0 Å². The number of Topliss-reactive ketones (excluding diaryl/α,β-unsaturated/α-hetero) is 1. The number of aromatic nitrogens is 3. The molecule has 0 radical (unpaired) electrons. The smallest absolute Gasteiger partial charge is 0.152 e. The van der Waals surface area contributed by atoms with E-state index >= 15 is 0 Å². The van der Waals surface area contributed by atoms with Crippen molar-refractivity contribution < 1.29 is 4.79 Å². The fraction of sp³-hybridized carbons (Fsp3) is 0.318. The molecule has 0 bridgehead atoms. The number of hydrogen-bond acceptors (Lipinski definition) is 5. The number of rotatable bonds is 6. The van der Waals surface area contributed by atoms with Crippen molar-refractivity contribution in [3.05, 3.63) is 48.4 Å². The molecule has 28 heavy (non-hydrogen) atoms. The molecule has 1 aliphatic rings. The molecule has 0 amide bonds. The molecule has 2 N–H and O–H groups in total. The molecular formula is C22H23N5O. The first-order chi connectivity index (χ1) is 13.7. The third-order valence-electron chi connectivity index (χ3n) is 5.19. The summed E-state index contributed by atoms with van der Waals surface area (Å²) in [6.07, 6.45) is 11.6. The van der Waals surface area contributed by atoms with Gasteiger partial charge in [-0.15, -0.1) is 6.42 Å². The quantitative estimate of drug-likeness (QED) is 0.649. The predicted molar refractivity (Wildman–Crippen MR) is 111 cm³/mol. The van der Waals surface area contributed by atoms with Crippen LogP contribution >= 0.6 is 0 Å². The van der Waals surface area contributed by atoms with Crippen LogP contribution in [0.1, 0.15) is 24.8 Å². The van der Waals surface area contributed by atoms with Gasteiger partial charge in [0.25, 0.3) is 0 Å². The molecule has 1 aliphatic heterocycles. The molecule has 0 saturated carbocycles. The van der Waals surface area contributed by atoms with Crippen molar-refractivity contribution in [1.29, 1.82) is 0 Å². The first-order valence-corrected chi connectivity index (χ1v) is 9.58. The summed E-state index contributed by atoms with van der Waals surface area (Å²) in [6.45, 7) is 2.12. The molecule has 6 heteroatoms. The zero-order valence-corrected chi connectivity index (χ0v) is 15.7. The number of piperidine rings is 1. The van der Waals surface area contributed by atoms with Crippen LogP contribution in [0.3, 0.4) is 0 Å². The van der Waals surface area contributed by atoms with Gasteiger partial charge in [-0.3, -0.25) is 4.79 Å². The average Bonchev–Trinajstić information content (AvgIpc) is 3.21. The van der Waals surface area contributed by atoms with Gasteiger partial charge in [0, 0.05) is 37.0 Å². The Kier molecular flexibility index (Phi) is 5.24. The summed E-state index contributed by atoms with van der Waals surface area (Å²) in [5, 5.41) is 4.22. The summed E-state index contributed by atoms with van der Waals surface area (Å²) in [4.78, 5) is 26.7. The lowest BCUT2D eigenvalue weighted by Gasteiger charge is -2.33. The van der Waals surface area contributed by atoms with Crippen LogP contribution in [0.25, 0.3) is 11.0 Å². The number of fused-ring (bicyclic) bond motifs is 1. The first-order valence-electron chi connectivity index (χ1n) is 9.58. The highest BCUT2D eigenvalue weighted by molar-refractivity contribution is 5.87. The molecule has 0 aliphatic carbocycles. The summed E-state index contributed by atoms with van der Waals surface area (Å²) >= 11 is 0. The zero-order valence-electron chi connectivity index (χ0n) is 15.7. The van der Waals surface area contributed by atoms with Crippen LogP contribution < -0.4 is 10.2 Å². The fourth-order valence-electron chi connectivity index (χ4n) is 3.85. The lowest BCUT2D eigenvalue weighted by atomic mass is 9.92. The molecule has 2 aromatic heterocycles. The second-order valence-electron chi connectivity index (χ2n) is 7.21. The highest BCUT2D eigenvalue weighted by Crippen LogP contribution is 2.28. The van der Waals surface area contributed by atoms with E-state index in [-0.39, 0.29) is 5.78 Å². The van der Waals surface area contributed by atoms with E-state index in [0.717, 1.165) is 54.0 Å². The number of anilines is 2. The maximum Gasteiger partial charge on any atom is 0.152 e. The van der Waals surface area contributed by atoms with E-state index in [1.807, 2.05) is 36.5 Å². The number of hydrogen-bond donors (Lipinski definition) is 2. The van der Waals surface area contributed by atoms with Gasteiger partial charge < -0.3 is 15.2 Å². The van der Waals surface area contributed by atoms with Crippen molar-refractivity contribution in [3.8, 4) is 12.3 Å². The van der Waals surface area contributed by atoms with Crippen LogP contribution in [0.15, 0.2) is 42.9 Å². The topological polar surface area (TPSA) is 73.9 Å². The first kappa shape index (κ1) is 18.1. The van der Waals surface area contributed by atoms with Crippen LogP contribution in [0.2, 0.25) is 0 Å². The van der Waals surface area contributed by atoms with Gasteiger partial charge in [0.15, 0.2) is 5.78 Å². The zero-order chi connectivity index (χ0) is 19.3. The van der Waals surface area contributed by atoms with Crippen molar-refractivity contribution in [1.82, 2.24) is 15.0 Å². The molecule has 3 heterocycles. The average molecular weight is 373 g/mol. The minimum absolute atomic E-state index is 0.215. The number of terminal acetylenes is 1. The molecule has 1 saturated heterocycles.